The molecule has 9 nitrogen and oxygen atoms in total. The van der Waals surface area contributed by atoms with E-state index < -0.39 is 11.8 Å². The van der Waals surface area contributed by atoms with Gasteiger partial charge in [0.1, 0.15) is 6.61 Å². The van der Waals surface area contributed by atoms with Gasteiger partial charge in [-0.2, -0.15) is 0 Å². The molecule has 148 valence electrons. The molecular formula is C11H36Cl2N2Na2O7. The first-order valence-corrected chi connectivity index (χ1v) is 4.43. The van der Waals surface area contributed by atoms with Gasteiger partial charge in [0.25, 0.3) is 0 Å². The van der Waals surface area contributed by atoms with Crippen molar-refractivity contribution in [3.8, 4) is 0 Å². The Kier molecular flexibility index (Phi) is 95.6. The normalized spacial score (nSPS) is 8.00. The Hall–Kier alpha value is 2.22. The van der Waals surface area contributed by atoms with Crippen LogP contribution in [0.5, 0.6) is 0 Å². The molecule has 0 heterocycles. The minimum Gasteiger partial charge on any atom is -1.00 e. The van der Waals surface area contributed by atoms with Gasteiger partial charge in [-0.05, 0) is 0 Å². The summed E-state index contributed by atoms with van der Waals surface area (Å²) in [6.07, 6.45) is 0. The molecule has 0 aromatic carbocycles. The molecule has 0 rings (SSSR count). The summed E-state index contributed by atoms with van der Waals surface area (Å²) >= 11 is 0. The Balaban J connectivity index is -0.0000000153. The number of rotatable bonds is 6. The standard InChI is InChI=1S/2C4H11NO3.3CH4.2ClH.2Na.H2O/c2*1-7-4(5,3-6)8-2;;;;;;;;/h2*6H,3,5H2,1-2H3;3*1H4;2*1H;;;1H2/q;;;;;;;2*+1;/p-2. The molecule has 0 bridgehead atoms. The van der Waals surface area contributed by atoms with E-state index in [1.54, 1.807) is 0 Å². The molecule has 0 aliphatic heterocycles. The number of ether oxygens (including phenoxy) is 4. The molecule has 8 N–H and O–H groups in total. The summed E-state index contributed by atoms with van der Waals surface area (Å²) in [5.74, 6) is -2.39. The van der Waals surface area contributed by atoms with Crippen molar-refractivity contribution in [3.63, 3.8) is 0 Å². The van der Waals surface area contributed by atoms with E-state index >= 15 is 0 Å². The van der Waals surface area contributed by atoms with Crippen molar-refractivity contribution in [3.05, 3.63) is 0 Å². The van der Waals surface area contributed by atoms with E-state index in [1.807, 2.05) is 0 Å². The number of hydrogen-bond acceptors (Lipinski definition) is 8. The summed E-state index contributed by atoms with van der Waals surface area (Å²) in [4.78, 5) is 0. The third-order valence-electron chi connectivity index (χ3n) is 1.90. The van der Waals surface area contributed by atoms with E-state index in [9.17, 15) is 0 Å². The van der Waals surface area contributed by atoms with Crippen molar-refractivity contribution >= 4 is 0 Å². The molecular weight excluding hydrogens is 389 g/mol. The second-order valence-electron chi connectivity index (χ2n) is 2.86. The maximum atomic E-state index is 8.47. The Morgan fingerprint density at radius 2 is 1.04 bits per heavy atom. The van der Waals surface area contributed by atoms with Gasteiger partial charge in [-0.3, -0.25) is 5.73 Å². The van der Waals surface area contributed by atoms with Gasteiger partial charge in [-0.15, -0.1) is 0 Å². The molecule has 0 fully saturated rings. The molecule has 0 aliphatic carbocycles. The van der Waals surface area contributed by atoms with Crippen molar-refractivity contribution < 1.29 is 124 Å². The van der Waals surface area contributed by atoms with Crippen LogP contribution in [-0.4, -0.2) is 69.2 Å². The van der Waals surface area contributed by atoms with Crippen molar-refractivity contribution in [1.29, 1.82) is 0 Å². The van der Waals surface area contributed by atoms with E-state index in [0.29, 0.717) is 0 Å². The molecule has 0 aliphatic rings. The molecule has 0 amide bonds. The number of aliphatic hydroxyl groups is 2. The monoisotopic (exact) mass is 424 g/mol. The number of methoxy groups -OCH3 is 4. The second-order valence-corrected chi connectivity index (χ2v) is 2.86. The fraction of sp³-hybridized carbons (Fsp3) is 1.00. The summed E-state index contributed by atoms with van der Waals surface area (Å²) in [6, 6.07) is 0. The summed E-state index contributed by atoms with van der Waals surface area (Å²) in [5, 5.41) is 16.9. The minimum absolute atomic E-state index is 0. The van der Waals surface area contributed by atoms with Crippen molar-refractivity contribution in [2.24, 2.45) is 5.73 Å². The van der Waals surface area contributed by atoms with Gasteiger partial charge in [0, 0.05) is 28.4 Å². The molecule has 0 saturated carbocycles. The van der Waals surface area contributed by atoms with Gasteiger partial charge in [-0.25, -0.2) is 0 Å². The number of aliphatic hydroxyl groups excluding tert-OH is 2. The number of halogens is 2. The van der Waals surface area contributed by atoms with E-state index in [0.717, 1.165) is 0 Å². The van der Waals surface area contributed by atoms with Gasteiger partial charge in [-0.1, -0.05) is 22.3 Å². The quantitative estimate of drug-likeness (QED) is 0.241. The summed E-state index contributed by atoms with van der Waals surface area (Å²) in [6.45, 7) is -0.583. The summed E-state index contributed by atoms with van der Waals surface area (Å²) in [7, 11) is 5.57. The number of hydrogen-bond donors (Lipinski definition) is 4. The third kappa shape index (κ3) is 31.9. The molecule has 0 aromatic heterocycles. The first kappa shape index (κ1) is 63.4. The van der Waals surface area contributed by atoms with Crippen LogP contribution in [0.25, 0.3) is 0 Å². The molecule has 0 atom stereocenters. The van der Waals surface area contributed by atoms with Crippen LogP contribution in [0, 0.1) is 0 Å². The summed E-state index contributed by atoms with van der Waals surface area (Å²) < 4.78 is 18.4. The van der Waals surface area contributed by atoms with Crippen LogP contribution in [0.2, 0.25) is 0 Å². The first-order valence-electron chi connectivity index (χ1n) is 4.43. The molecule has 0 unspecified atom stereocenters. The Labute approximate surface area is 204 Å². The fourth-order valence-corrected chi connectivity index (χ4v) is 0.425. The van der Waals surface area contributed by atoms with Gasteiger partial charge >= 0.3 is 65.0 Å². The van der Waals surface area contributed by atoms with E-state index in [-0.39, 0.29) is 125 Å². The summed E-state index contributed by atoms with van der Waals surface area (Å²) in [5.41, 5.74) is 8.63. The first-order chi connectivity index (χ1) is 7.36. The molecule has 0 spiro atoms. The number of quaternary nitrogens is 1. The van der Waals surface area contributed by atoms with Crippen molar-refractivity contribution in [2.45, 2.75) is 34.1 Å². The van der Waals surface area contributed by atoms with E-state index in [4.69, 9.17) is 15.9 Å². The zero-order valence-electron chi connectivity index (χ0n) is 13.4. The zero-order chi connectivity index (χ0) is 13.2. The van der Waals surface area contributed by atoms with E-state index in [2.05, 4.69) is 24.7 Å². The molecule has 13 heteroatoms. The Morgan fingerprint density at radius 3 is 1.04 bits per heavy atom. The molecule has 24 heavy (non-hydrogen) atoms. The largest absolute Gasteiger partial charge is 1.00 e. The zero-order valence-corrected chi connectivity index (χ0v) is 18.9. The molecule has 0 saturated heterocycles. The van der Waals surface area contributed by atoms with Crippen LogP contribution < -0.4 is 95.4 Å². The fourth-order valence-electron chi connectivity index (χ4n) is 0.425. The van der Waals surface area contributed by atoms with Crippen LogP contribution in [0.15, 0.2) is 0 Å². The van der Waals surface area contributed by atoms with Crippen LogP contribution in [0.1, 0.15) is 22.3 Å². The molecule has 0 aromatic rings. The Morgan fingerprint density at radius 1 is 0.792 bits per heavy atom. The van der Waals surface area contributed by atoms with Gasteiger partial charge in [0.15, 0.2) is 6.61 Å². The average molecular weight is 425 g/mol. The van der Waals surface area contributed by atoms with Gasteiger partial charge in [0.05, 0.1) is 0 Å². The topological polar surface area (TPSA) is 161 Å². The van der Waals surface area contributed by atoms with Crippen molar-refractivity contribution in [2.75, 3.05) is 41.7 Å². The SMILES string of the molecule is C.C.C.COC(N)(CO)OC.COC([NH3+])(CO)OC.[Cl-].[Cl-].[Na+].[Na+].[OH-]. The Bertz CT molecular complexity index is 150. The van der Waals surface area contributed by atoms with Crippen molar-refractivity contribution in [1.82, 2.24) is 0 Å². The maximum Gasteiger partial charge on any atom is 1.00 e. The van der Waals surface area contributed by atoms with Crippen LogP contribution in [-0.2, 0) is 18.9 Å². The van der Waals surface area contributed by atoms with E-state index in [1.165, 1.54) is 28.4 Å². The van der Waals surface area contributed by atoms with Gasteiger partial charge < -0.3 is 65.2 Å². The minimum atomic E-state index is -1.32. The van der Waals surface area contributed by atoms with Crippen LogP contribution >= 0.6 is 0 Å². The third-order valence-corrected chi connectivity index (χ3v) is 1.90. The number of nitrogens with two attached hydrogens (primary N) is 1. The molecule has 0 radical (unpaired) electrons. The van der Waals surface area contributed by atoms with Crippen LogP contribution in [0.4, 0.5) is 0 Å². The maximum absolute atomic E-state index is 8.47. The second kappa shape index (κ2) is 36.2. The van der Waals surface area contributed by atoms with Crippen LogP contribution in [0.3, 0.4) is 0 Å². The van der Waals surface area contributed by atoms with Gasteiger partial charge in [0.2, 0.25) is 5.91 Å². The predicted molar refractivity (Wildman–Crippen MR) is 76.9 cm³/mol. The smallest absolute Gasteiger partial charge is 1.00 e. The predicted octanol–water partition coefficient (Wildman–Crippen LogP) is -13.2. The average Bonchev–Trinajstić information content (AvgIpc) is 2.37.